The number of hydrogen-bond donors (Lipinski definition) is 0. The van der Waals surface area contributed by atoms with Crippen LogP contribution in [-0.4, -0.2) is 55.1 Å². The Balaban J connectivity index is 1.96. The fourth-order valence-electron chi connectivity index (χ4n) is 3.70. The molecular weight excluding hydrogens is 298 g/mol. The van der Waals surface area contributed by atoms with E-state index in [-0.39, 0.29) is 10.6 Å². The van der Waals surface area contributed by atoms with Crippen LogP contribution >= 0.6 is 0 Å². The van der Waals surface area contributed by atoms with Gasteiger partial charge in [-0.25, -0.2) is 4.79 Å². The molecule has 2 bridgehead atoms. The van der Waals surface area contributed by atoms with E-state index in [0.29, 0.717) is 23.3 Å². The summed E-state index contributed by atoms with van der Waals surface area (Å²) in [4.78, 5) is 27.2. The maximum Gasteiger partial charge on any atom is 0.337 e. The zero-order chi connectivity index (χ0) is 16.6. The number of benzene rings is 1. The van der Waals surface area contributed by atoms with E-state index in [1.54, 1.807) is 6.07 Å². The Bertz CT molecular complexity index is 634. The Hall–Kier alpha value is -2.15. The van der Waals surface area contributed by atoms with Gasteiger partial charge in [0.2, 0.25) is 0 Å². The van der Waals surface area contributed by atoms with Crippen LogP contribution in [0.4, 0.5) is 11.4 Å². The lowest BCUT2D eigenvalue weighted by Gasteiger charge is -2.27. The topological polar surface area (TPSA) is 75.9 Å². The molecule has 1 aromatic rings. The van der Waals surface area contributed by atoms with E-state index < -0.39 is 5.97 Å². The summed E-state index contributed by atoms with van der Waals surface area (Å²) in [5.74, 6) is -0.477. The maximum absolute atomic E-state index is 11.8. The van der Waals surface area contributed by atoms with Crippen molar-refractivity contribution in [3.8, 4) is 0 Å². The number of esters is 1. The summed E-state index contributed by atoms with van der Waals surface area (Å²) in [7, 11) is 3.44. The van der Waals surface area contributed by atoms with Crippen LogP contribution in [0.1, 0.15) is 29.6 Å². The predicted octanol–water partition coefficient (Wildman–Crippen LogP) is 2.05. The molecule has 23 heavy (non-hydrogen) atoms. The van der Waals surface area contributed by atoms with Gasteiger partial charge in [0.15, 0.2) is 0 Å². The molecule has 3 rings (SSSR count). The number of anilines is 1. The number of ether oxygens (including phenoxy) is 1. The highest BCUT2D eigenvalue weighted by Gasteiger charge is 2.36. The van der Waals surface area contributed by atoms with Crippen molar-refractivity contribution in [3.05, 3.63) is 33.9 Å². The number of fused-ring (bicyclic) bond motifs is 2. The molecule has 0 aliphatic carbocycles. The molecule has 0 saturated carbocycles. The van der Waals surface area contributed by atoms with Crippen molar-refractivity contribution in [3.63, 3.8) is 0 Å². The van der Waals surface area contributed by atoms with Crippen LogP contribution in [0.15, 0.2) is 18.2 Å². The van der Waals surface area contributed by atoms with Gasteiger partial charge >= 0.3 is 5.97 Å². The molecule has 0 radical (unpaired) electrons. The lowest BCUT2D eigenvalue weighted by molar-refractivity contribution is -0.384. The van der Waals surface area contributed by atoms with E-state index >= 15 is 0 Å². The van der Waals surface area contributed by atoms with Crippen LogP contribution in [0.2, 0.25) is 0 Å². The number of nitro groups is 1. The average molecular weight is 319 g/mol. The number of rotatable bonds is 3. The van der Waals surface area contributed by atoms with Gasteiger partial charge in [-0.3, -0.25) is 15.0 Å². The molecule has 1 aromatic carbocycles. The van der Waals surface area contributed by atoms with Crippen LogP contribution in [0.5, 0.6) is 0 Å². The lowest BCUT2D eigenvalue weighted by Crippen LogP contribution is -2.36. The predicted molar refractivity (Wildman–Crippen MR) is 85.8 cm³/mol. The Morgan fingerprint density at radius 1 is 1.30 bits per heavy atom. The number of carbonyl (C=O) groups excluding carboxylic acids is 1. The van der Waals surface area contributed by atoms with Gasteiger partial charge in [-0.05, 0) is 38.4 Å². The third-order valence-corrected chi connectivity index (χ3v) is 5.08. The van der Waals surface area contributed by atoms with Gasteiger partial charge < -0.3 is 9.64 Å². The molecule has 7 nitrogen and oxygen atoms in total. The SMILES string of the molecule is COC(=O)c1ccc([N+](=O)[O-])c(N2CC[C@H]3CC[C@@H](C2)N3C)c1. The third-order valence-electron chi connectivity index (χ3n) is 5.08. The average Bonchev–Trinajstić information content (AvgIpc) is 2.78. The number of carbonyl (C=O) groups is 1. The van der Waals surface area contributed by atoms with Gasteiger partial charge in [0.05, 0.1) is 17.6 Å². The van der Waals surface area contributed by atoms with Crippen LogP contribution in [0.25, 0.3) is 0 Å². The Labute approximate surface area is 135 Å². The van der Waals surface area contributed by atoms with Gasteiger partial charge in [-0.2, -0.15) is 0 Å². The van der Waals surface area contributed by atoms with Crippen molar-refractivity contribution in [2.24, 2.45) is 0 Å². The molecule has 2 saturated heterocycles. The Kier molecular flexibility index (Phi) is 4.21. The van der Waals surface area contributed by atoms with Gasteiger partial charge in [0, 0.05) is 31.2 Å². The third kappa shape index (κ3) is 2.88. The number of hydrogen-bond acceptors (Lipinski definition) is 6. The monoisotopic (exact) mass is 319 g/mol. The highest BCUT2D eigenvalue weighted by Crippen LogP contribution is 2.35. The van der Waals surface area contributed by atoms with E-state index in [4.69, 9.17) is 4.74 Å². The van der Waals surface area contributed by atoms with Crippen LogP contribution in [-0.2, 0) is 4.74 Å². The standard InChI is InChI=1S/C16H21N3O4/c1-17-12-4-5-13(17)10-18(8-7-12)15-9-11(16(20)23-2)3-6-14(15)19(21)22/h3,6,9,12-13H,4-5,7-8,10H2,1-2H3/t12-,13+/m1/s1. The van der Waals surface area contributed by atoms with Gasteiger partial charge in [0.1, 0.15) is 5.69 Å². The van der Waals surface area contributed by atoms with Gasteiger partial charge in [-0.1, -0.05) is 0 Å². The molecule has 2 aliphatic rings. The van der Waals surface area contributed by atoms with E-state index in [1.807, 2.05) is 4.90 Å². The summed E-state index contributed by atoms with van der Waals surface area (Å²) in [5, 5.41) is 11.4. The van der Waals surface area contributed by atoms with Crippen molar-refractivity contribution >= 4 is 17.3 Å². The second-order valence-electron chi connectivity index (χ2n) is 6.24. The molecule has 124 valence electrons. The zero-order valence-electron chi connectivity index (χ0n) is 13.4. The maximum atomic E-state index is 11.8. The van der Waals surface area contributed by atoms with Crippen molar-refractivity contribution in [2.45, 2.75) is 31.3 Å². The molecule has 2 aliphatic heterocycles. The molecule has 0 amide bonds. The first-order valence-electron chi connectivity index (χ1n) is 7.85. The van der Waals surface area contributed by atoms with Crippen LogP contribution < -0.4 is 4.90 Å². The highest BCUT2D eigenvalue weighted by molar-refractivity contribution is 5.91. The fourth-order valence-corrected chi connectivity index (χ4v) is 3.70. The van der Waals surface area contributed by atoms with Gasteiger partial charge in [0.25, 0.3) is 5.69 Å². The first kappa shape index (κ1) is 15.7. The highest BCUT2D eigenvalue weighted by atomic mass is 16.6. The molecular formula is C16H21N3O4. The van der Waals surface area contributed by atoms with Crippen molar-refractivity contribution < 1.29 is 14.5 Å². The summed E-state index contributed by atoms with van der Waals surface area (Å²) in [6.45, 7) is 1.51. The van der Waals surface area contributed by atoms with Crippen molar-refractivity contribution in [2.75, 3.05) is 32.1 Å². The van der Waals surface area contributed by atoms with Crippen molar-refractivity contribution in [1.29, 1.82) is 0 Å². The van der Waals surface area contributed by atoms with E-state index in [1.165, 1.54) is 25.7 Å². The molecule has 2 atom stereocenters. The smallest absolute Gasteiger partial charge is 0.337 e. The zero-order valence-corrected chi connectivity index (χ0v) is 13.4. The number of methoxy groups -OCH3 is 1. The molecule has 0 N–H and O–H groups in total. The molecule has 2 heterocycles. The first-order chi connectivity index (χ1) is 11.0. The molecule has 7 heteroatoms. The van der Waals surface area contributed by atoms with E-state index in [2.05, 4.69) is 11.9 Å². The largest absolute Gasteiger partial charge is 0.465 e. The minimum Gasteiger partial charge on any atom is -0.465 e. The normalized spacial score (nSPS) is 24.3. The van der Waals surface area contributed by atoms with Crippen LogP contribution in [0, 0.1) is 10.1 Å². The summed E-state index contributed by atoms with van der Waals surface area (Å²) in [6, 6.07) is 5.39. The van der Waals surface area contributed by atoms with E-state index in [9.17, 15) is 14.9 Å². The second-order valence-corrected chi connectivity index (χ2v) is 6.24. The number of nitro benzene ring substituents is 1. The molecule has 2 fully saturated rings. The van der Waals surface area contributed by atoms with Crippen molar-refractivity contribution in [1.82, 2.24) is 4.90 Å². The molecule has 0 unspecified atom stereocenters. The minimum atomic E-state index is -0.477. The fraction of sp³-hybridized carbons (Fsp3) is 0.562. The van der Waals surface area contributed by atoms with Gasteiger partial charge in [-0.15, -0.1) is 0 Å². The second kappa shape index (κ2) is 6.16. The molecule has 0 spiro atoms. The Morgan fingerprint density at radius 3 is 2.74 bits per heavy atom. The first-order valence-corrected chi connectivity index (χ1v) is 7.85. The lowest BCUT2D eigenvalue weighted by atomic mass is 10.1. The minimum absolute atomic E-state index is 0.0399. The number of nitrogens with zero attached hydrogens (tertiary/aromatic N) is 3. The van der Waals surface area contributed by atoms with E-state index in [0.717, 1.165) is 25.9 Å². The summed E-state index contributed by atoms with van der Waals surface area (Å²) in [5.41, 5.74) is 0.896. The Morgan fingerprint density at radius 2 is 2.04 bits per heavy atom. The summed E-state index contributed by atoms with van der Waals surface area (Å²) < 4.78 is 4.73. The quantitative estimate of drug-likeness (QED) is 0.482. The molecule has 0 aromatic heterocycles. The van der Waals surface area contributed by atoms with Crippen LogP contribution in [0.3, 0.4) is 0 Å². The summed E-state index contributed by atoms with van der Waals surface area (Å²) >= 11 is 0. The summed E-state index contributed by atoms with van der Waals surface area (Å²) in [6.07, 6.45) is 3.29. The number of likely N-dealkylation sites (N-methyl/N-ethyl adjacent to an activating group) is 1.